The molecule has 1 unspecified atom stereocenters. The highest BCUT2D eigenvalue weighted by Crippen LogP contribution is 2.17. The average Bonchev–Trinajstić information content (AvgIpc) is 2.68. The predicted molar refractivity (Wildman–Crippen MR) is 115 cm³/mol. The fourth-order valence-corrected chi connectivity index (χ4v) is 4.13. The third kappa shape index (κ3) is 7.34. The molecule has 2 N–H and O–H groups in total. The van der Waals surface area contributed by atoms with Crippen molar-refractivity contribution in [3.63, 3.8) is 0 Å². The Hall–Kier alpha value is -2.09. The van der Waals surface area contributed by atoms with Crippen LogP contribution in [0.5, 0.6) is 5.75 Å². The zero-order valence-corrected chi connectivity index (χ0v) is 18.4. The Bertz CT molecular complexity index is 897. The van der Waals surface area contributed by atoms with Crippen molar-refractivity contribution in [3.8, 4) is 5.75 Å². The molecule has 0 aromatic heterocycles. The number of benzene rings is 2. The summed E-state index contributed by atoms with van der Waals surface area (Å²) in [5.74, 6) is 0.355. The first kappa shape index (κ1) is 23.2. The number of halogens is 1. The first-order valence-corrected chi connectivity index (χ1v) is 11.3. The van der Waals surface area contributed by atoms with Crippen molar-refractivity contribution in [1.82, 2.24) is 10.0 Å². The van der Waals surface area contributed by atoms with E-state index < -0.39 is 16.1 Å². The summed E-state index contributed by atoms with van der Waals surface area (Å²) in [6.07, 6.45) is 1.02. The summed E-state index contributed by atoms with van der Waals surface area (Å²) in [5.41, 5.74) is 1.04. The van der Waals surface area contributed by atoms with Gasteiger partial charge in [0.15, 0.2) is 0 Å². The normalized spacial score (nSPS) is 12.6. The molecule has 158 valence electrons. The minimum atomic E-state index is -3.84. The largest absolute Gasteiger partial charge is 0.497 e. The molecule has 0 heterocycles. The molecule has 1 atom stereocenters. The van der Waals surface area contributed by atoms with Crippen LogP contribution in [0.2, 0.25) is 5.02 Å². The van der Waals surface area contributed by atoms with E-state index in [0.29, 0.717) is 30.2 Å². The number of hydrogen-bond donors (Lipinski definition) is 2. The SMILES string of the molecule is COc1ccc(S(=O)(=O)NC(CC(C)C)C(=O)NCCc2ccc(Cl)cc2)cc1. The van der Waals surface area contributed by atoms with Crippen LogP contribution in [-0.2, 0) is 21.2 Å². The molecule has 0 radical (unpaired) electrons. The summed E-state index contributed by atoms with van der Waals surface area (Å²) in [6, 6.07) is 12.6. The van der Waals surface area contributed by atoms with Gasteiger partial charge in [0.25, 0.3) is 0 Å². The monoisotopic (exact) mass is 438 g/mol. The number of carbonyl (C=O) groups is 1. The van der Waals surface area contributed by atoms with Crippen molar-refractivity contribution in [3.05, 3.63) is 59.1 Å². The second-order valence-electron chi connectivity index (χ2n) is 7.15. The highest BCUT2D eigenvalue weighted by atomic mass is 35.5. The fraction of sp³-hybridized carbons (Fsp3) is 0.381. The van der Waals surface area contributed by atoms with E-state index >= 15 is 0 Å². The van der Waals surface area contributed by atoms with Crippen molar-refractivity contribution < 1.29 is 17.9 Å². The van der Waals surface area contributed by atoms with E-state index in [2.05, 4.69) is 10.0 Å². The first-order valence-electron chi connectivity index (χ1n) is 9.40. The molecule has 0 aliphatic heterocycles. The van der Waals surface area contributed by atoms with Crippen LogP contribution in [0.25, 0.3) is 0 Å². The Morgan fingerprint density at radius 3 is 2.24 bits per heavy atom. The third-order valence-corrected chi connectivity index (χ3v) is 6.06. The zero-order chi connectivity index (χ0) is 21.4. The smallest absolute Gasteiger partial charge is 0.241 e. The number of ether oxygens (including phenoxy) is 1. The van der Waals surface area contributed by atoms with E-state index in [-0.39, 0.29) is 16.7 Å². The van der Waals surface area contributed by atoms with Crippen LogP contribution in [0.3, 0.4) is 0 Å². The minimum absolute atomic E-state index is 0.0843. The van der Waals surface area contributed by atoms with Gasteiger partial charge in [-0.2, -0.15) is 4.72 Å². The van der Waals surface area contributed by atoms with Gasteiger partial charge in [0.2, 0.25) is 15.9 Å². The van der Waals surface area contributed by atoms with Crippen molar-refractivity contribution in [2.75, 3.05) is 13.7 Å². The number of carbonyl (C=O) groups excluding carboxylic acids is 1. The highest BCUT2D eigenvalue weighted by Gasteiger charge is 2.26. The Balaban J connectivity index is 2.02. The molecule has 0 bridgehead atoms. The second kappa shape index (κ2) is 10.6. The van der Waals surface area contributed by atoms with E-state index in [1.165, 1.54) is 19.2 Å². The first-order chi connectivity index (χ1) is 13.7. The van der Waals surface area contributed by atoms with Crippen LogP contribution < -0.4 is 14.8 Å². The second-order valence-corrected chi connectivity index (χ2v) is 9.30. The molecular weight excluding hydrogens is 412 g/mol. The maximum atomic E-state index is 12.7. The Kier molecular flexibility index (Phi) is 8.49. The highest BCUT2D eigenvalue weighted by molar-refractivity contribution is 7.89. The summed E-state index contributed by atoms with van der Waals surface area (Å²) in [5, 5.41) is 3.48. The lowest BCUT2D eigenvalue weighted by molar-refractivity contribution is -0.123. The topological polar surface area (TPSA) is 84.5 Å². The van der Waals surface area contributed by atoms with E-state index in [1.54, 1.807) is 24.3 Å². The lowest BCUT2D eigenvalue weighted by Crippen LogP contribution is -2.47. The zero-order valence-electron chi connectivity index (χ0n) is 16.8. The minimum Gasteiger partial charge on any atom is -0.497 e. The van der Waals surface area contributed by atoms with E-state index in [0.717, 1.165) is 5.56 Å². The summed E-state index contributed by atoms with van der Waals surface area (Å²) < 4.78 is 33.0. The number of hydrogen-bond acceptors (Lipinski definition) is 4. The van der Waals surface area contributed by atoms with Gasteiger partial charge >= 0.3 is 0 Å². The molecule has 29 heavy (non-hydrogen) atoms. The van der Waals surface area contributed by atoms with Gasteiger partial charge in [-0.25, -0.2) is 8.42 Å². The van der Waals surface area contributed by atoms with Gasteiger partial charge in [-0.15, -0.1) is 0 Å². The number of methoxy groups -OCH3 is 1. The summed E-state index contributed by atoms with van der Waals surface area (Å²) in [7, 11) is -2.33. The van der Waals surface area contributed by atoms with Gasteiger partial charge in [-0.1, -0.05) is 37.6 Å². The maximum Gasteiger partial charge on any atom is 0.241 e. The number of amides is 1. The molecule has 0 fully saturated rings. The predicted octanol–water partition coefficient (Wildman–Crippen LogP) is 3.40. The molecule has 8 heteroatoms. The van der Waals surface area contributed by atoms with Gasteiger partial charge < -0.3 is 10.1 Å². The molecule has 0 saturated carbocycles. The van der Waals surface area contributed by atoms with Crippen LogP contribution in [0.1, 0.15) is 25.8 Å². The van der Waals surface area contributed by atoms with Crippen molar-refractivity contribution >= 4 is 27.5 Å². The fourth-order valence-electron chi connectivity index (χ4n) is 2.79. The van der Waals surface area contributed by atoms with Crippen LogP contribution in [-0.4, -0.2) is 34.0 Å². The van der Waals surface area contributed by atoms with Crippen LogP contribution in [0, 0.1) is 5.92 Å². The summed E-state index contributed by atoms with van der Waals surface area (Å²) in [6.45, 7) is 4.28. The Labute approximate surface area is 177 Å². The Morgan fingerprint density at radius 2 is 1.69 bits per heavy atom. The lowest BCUT2D eigenvalue weighted by Gasteiger charge is -2.20. The molecule has 2 rings (SSSR count). The number of nitrogens with one attached hydrogen (secondary N) is 2. The van der Waals surface area contributed by atoms with Crippen LogP contribution >= 0.6 is 11.6 Å². The number of rotatable bonds is 10. The molecule has 0 saturated heterocycles. The molecule has 2 aromatic carbocycles. The van der Waals surface area contributed by atoms with Gasteiger partial charge in [0, 0.05) is 11.6 Å². The molecule has 1 amide bonds. The maximum absolute atomic E-state index is 12.7. The lowest BCUT2D eigenvalue weighted by atomic mass is 10.0. The molecule has 0 aliphatic carbocycles. The average molecular weight is 439 g/mol. The number of sulfonamides is 1. The Morgan fingerprint density at radius 1 is 1.07 bits per heavy atom. The molecule has 6 nitrogen and oxygen atoms in total. The standard InChI is InChI=1S/C21H27ClN2O4S/c1-15(2)14-20(21(25)23-13-12-16-4-6-17(22)7-5-16)24-29(26,27)19-10-8-18(28-3)9-11-19/h4-11,15,20,24H,12-14H2,1-3H3,(H,23,25). The van der Waals surface area contributed by atoms with Crippen molar-refractivity contribution in [2.24, 2.45) is 5.92 Å². The molecule has 2 aromatic rings. The third-order valence-electron chi connectivity index (χ3n) is 4.32. The van der Waals surface area contributed by atoms with E-state index in [9.17, 15) is 13.2 Å². The van der Waals surface area contributed by atoms with Gasteiger partial charge in [0.05, 0.1) is 12.0 Å². The van der Waals surface area contributed by atoms with Crippen molar-refractivity contribution in [1.29, 1.82) is 0 Å². The van der Waals surface area contributed by atoms with Crippen LogP contribution in [0.15, 0.2) is 53.4 Å². The molecule has 0 spiro atoms. The van der Waals surface area contributed by atoms with E-state index in [4.69, 9.17) is 16.3 Å². The van der Waals surface area contributed by atoms with Crippen molar-refractivity contribution in [2.45, 2.75) is 37.6 Å². The van der Waals surface area contributed by atoms with Gasteiger partial charge in [-0.05, 0) is 60.7 Å². The molecular formula is C21H27ClN2O4S. The van der Waals surface area contributed by atoms with Gasteiger partial charge in [0.1, 0.15) is 11.8 Å². The quantitative estimate of drug-likeness (QED) is 0.595. The van der Waals surface area contributed by atoms with Gasteiger partial charge in [-0.3, -0.25) is 4.79 Å². The molecule has 0 aliphatic rings. The summed E-state index contributed by atoms with van der Waals surface area (Å²) >= 11 is 5.87. The van der Waals surface area contributed by atoms with Crippen LogP contribution in [0.4, 0.5) is 0 Å². The summed E-state index contributed by atoms with van der Waals surface area (Å²) in [4.78, 5) is 12.7. The van der Waals surface area contributed by atoms with E-state index in [1.807, 2.05) is 26.0 Å².